The number of halogens is 4. The summed E-state index contributed by atoms with van der Waals surface area (Å²) >= 11 is 6.14. The fourth-order valence-corrected chi connectivity index (χ4v) is 3.54. The summed E-state index contributed by atoms with van der Waals surface area (Å²) < 4.78 is 65.4. The van der Waals surface area contributed by atoms with E-state index in [0.29, 0.717) is 0 Å². The molecule has 0 heterocycles. The fourth-order valence-electron chi connectivity index (χ4n) is 2.25. The van der Waals surface area contributed by atoms with Gasteiger partial charge in [-0.05, 0) is 19.1 Å². The maximum absolute atomic E-state index is 12.3. The van der Waals surface area contributed by atoms with Crippen LogP contribution in [0.2, 0.25) is 5.02 Å². The van der Waals surface area contributed by atoms with Crippen LogP contribution in [0, 0.1) is 5.41 Å². The lowest BCUT2D eigenvalue weighted by Gasteiger charge is -2.16. The Balaban J connectivity index is 3.62. The zero-order valence-corrected chi connectivity index (χ0v) is 16.6. The van der Waals surface area contributed by atoms with Crippen LogP contribution in [0.25, 0.3) is 5.76 Å². The number of aliphatic hydroxyl groups excluding tert-OH is 1. The van der Waals surface area contributed by atoms with Crippen molar-refractivity contribution in [2.75, 3.05) is 19.9 Å². The molecule has 3 N–H and O–H groups in total. The number of ether oxygens (including phenoxy) is 1. The minimum atomic E-state index is -4.64. The second-order valence-corrected chi connectivity index (χ2v) is 8.07. The average Bonchev–Trinajstić information content (AvgIpc) is 2.53. The van der Waals surface area contributed by atoms with Gasteiger partial charge in [-0.25, -0.2) is 8.42 Å². The Labute approximate surface area is 164 Å². The van der Waals surface area contributed by atoms with Crippen molar-refractivity contribution in [2.45, 2.75) is 24.6 Å². The van der Waals surface area contributed by atoms with E-state index in [2.05, 4.69) is 10.1 Å². The lowest BCUT2D eigenvalue weighted by Crippen LogP contribution is -2.25. The molecule has 0 aliphatic carbocycles. The quantitative estimate of drug-likeness (QED) is 0.341. The van der Waals surface area contributed by atoms with Gasteiger partial charge in [0.2, 0.25) is 0 Å². The van der Waals surface area contributed by atoms with Crippen LogP contribution in [0.15, 0.2) is 22.6 Å². The zero-order valence-electron chi connectivity index (χ0n) is 15.1. The number of hydrogen-bond donors (Lipinski definition) is 3. The van der Waals surface area contributed by atoms with E-state index in [1.54, 1.807) is 0 Å². The molecule has 12 heteroatoms. The van der Waals surface area contributed by atoms with Gasteiger partial charge >= 0.3 is 6.18 Å². The smallest absolute Gasteiger partial charge is 0.411 e. The number of carbonyl (C=O) groups is 1. The Bertz CT molecular complexity index is 927. The molecule has 1 amide bonds. The Morgan fingerprint density at radius 1 is 1.36 bits per heavy atom. The average molecular weight is 443 g/mol. The Kier molecular flexibility index (Phi) is 7.63. The summed E-state index contributed by atoms with van der Waals surface area (Å²) in [6, 6.07) is 2.12. The molecule has 0 fully saturated rings. The van der Waals surface area contributed by atoms with E-state index in [-0.39, 0.29) is 21.7 Å². The van der Waals surface area contributed by atoms with E-state index >= 15 is 0 Å². The van der Waals surface area contributed by atoms with Gasteiger partial charge in [0.25, 0.3) is 5.91 Å². The third kappa shape index (κ3) is 5.94. The fraction of sp³-hybridized carbons (Fsp3) is 0.375. The first kappa shape index (κ1) is 23.9. The highest BCUT2D eigenvalue weighted by atomic mass is 35.5. The van der Waals surface area contributed by atoms with Crippen LogP contribution in [0.4, 0.5) is 13.2 Å². The highest BCUT2D eigenvalue weighted by molar-refractivity contribution is 7.90. The maximum Gasteiger partial charge on any atom is 0.411 e. The van der Waals surface area contributed by atoms with Crippen molar-refractivity contribution in [3.05, 3.63) is 33.9 Å². The topological polar surface area (TPSA) is 117 Å². The summed E-state index contributed by atoms with van der Waals surface area (Å²) in [5.41, 5.74) is -1.28. The van der Waals surface area contributed by atoms with Crippen LogP contribution in [0.5, 0.6) is 0 Å². The highest BCUT2D eigenvalue weighted by Crippen LogP contribution is 2.33. The number of benzene rings is 1. The third-order valence-electron chi connectivity index (χ3n) is 3.43. The molecule has 0 atom stereocenters. The Morgan fingerprint density at radius 3 is 2.36 bits per heavy atom. The number of nitrogens with one attached hydrogen (secondary N) is 2. The van der Waals surface area contributed by atoms with Gasteiger partial charge in [-0.15, -0.1) is 0 Å². The van der Waals surface area contributed by atoms with Crippen LogP contribution in [0.3, 0.4) is 0 Å². The summed E-state index contributed by atoms with van der Waals surface area (Å²) in [6.45, 7) is -1.21. The molecular formula is C16H18ClF3N2O5S. The molecule has 0 aliphatic rings. The molecule has 1 aromatic carbocycles. The van der Waals surface area contributed by atoms with E-state index in [1.807, 2.05) is 0 Å². The lowest BCUT2D eigenvalue weighted by atomic mass is 10.0. The molecule has 0 bridgehead atoms. The van der Waals surface area contributed by atoms with Crippen molar-refractivity contribution >= 4 is 38.8 Å². The van der Waals surface area contributed by atoms with Gasteiger partial charge in [0.05, 0.1) is 16.5 Å². The van der Waals surface area contributed by atoms with E-state index < -0.39 is 51.5 Å². The normalized spacial score (nSPS) is 13.1. The van der Waals surface area contributed by atoms with Crippen molar-refractivity contribution in [3.63, 3.8) is 0 Å². The molecule has 0 aliphatic heterocycles. The van der Waals surface area contributed by atoms with Crippen LogP contribution >= 0.6 is 11.6 Å². The second kappa shape index (κ2) is 8.93. The zero-order chi connectivity index (χ0) is 21.9. The van der Waals surface area contributed by atoms with Gasteiger partial charge in [0.1, 0.15) is 17.9 Å². The van der Waals surface area contributed by atoms with E-state index in [4.69, 9.17) is 17.0 Å². The molecule has 0 spiro atoms. The first-order chi connectivity index (χ1) is 12.7. The van der Waals surface area contributed by atoms with Gasteiger partial charge < -0.3 is 20.6 Å². The van der Waals surface area contributed by atoms with Crippen LogP contribution < -0.4 is 5.32 Å². The largest absolute Gasteiger partial charge is 0.506 e. The summed E-state index contributed by atoms with van der Waals surface area (Å²) in [5.74, 6) is -1.53. The number of carbonyl (C=O) groups excluding carboxylic acids is 1. The van der Waals surface area contributed by atoms with Gasteiger partial charge in [-0.2, -0.15) is 13.2 Å². The highest BCUT2D eigenvalue weighted by Gasteiger charge is 2.29. The summed E-state index contributed by atoms with van der Waals surface area (Å²) in [4.78, 5) is 11.5. The molecule has 0 aromatic heterocycles. The molecule has 0 unspecified atom stereocenters. The second-order valence-electron chi connectivity index (χ2n) is 5.71. The Hall–Kier alpha value is -2.11. The third-order valence-corrected chi connectivity index (χ3v) is 5.05. The number of amides is 1. The predicted molar refractivity (Wildman–Crippen MR) is 97.3 cm³/mol. The van der Waals surface area contributed by atoms with Crippen LogP contribution in [-0.4, -0.2) is 51.2 Å². The molecule has 1 rings (SSSR count). The molecule has 7 nitrogen and oxygen atoms in total. The first-order valence-electron chi connectivity index (χ1n) is 7.57. The molecule has 156 valence electrons. The first-order valence-corrected chi connectivity index (χ1v) is 9.84. The van der Waals surface area contributed by atoms with Crippen molar-refractivity contribution in [2.24, 2.45) is 0 Å². The van der Waals surface area contributed by atoms with E-state index in [1.165, 1.54) is 14.0 Å². The lowest BCUT2D eigenvalue weighted by molar-refractivity contribution is -0.176. The number of rotatable bonds is 7. The monoisotopic (exact) mass is 442 g/mol. The number of aliphatic hydroxyl groups is 1. The summed E-state index contributed by atoms with van der Waals surface area (Å²) in [6.07, 6.45) is -3.81. The molecular weight excluding hydrogens is 425 g/mol. The van der Waals surface area contributed by atoms with E-state index in [9.17, 15) is 31.5 Å². The molecule has 0 saturated carbocycles. The summed E-state index contributed by atoms with van der Waals surface area (Å²) in [7, 11) is -2.62. The number of likely N-dealkylation sites (N-methyl/N-ethyl adjacent to an activating group) is 1. The van der Waals surface area contributed by atoms with Gasteiger partial charge in [-0.1, -0.05) is 11.6 Å². The van der Waals surface area contributed by atoms with Crippen LogP contribution in [-0.2, 0) is 26.0 Å². The minimum absolute atomic E-state index is 0.232. The number of hydrogen-bond acceptors (Lipinski definition) is 6. The van der Waals surface area contributed by atoms with Crippen molar-refractivity contribution < 1.29 is 36.2 Å². The minimum Gasteiger partial charge on any atom is -0.506 e. The molecule has 0 saturated heterocycles. The number of sulfone groups is 1. The van der Waals surface area contributed by atoms with E-state index in [0.717, 1.165) is 18.4 Å². The van der Waals surface area contributed by atoms with Gasteiger partial charge in [0.15, 0.2) is 9.84 Å². The van der Waals surface area contributed by atoms with Crippen molar-refractivity contribution in [1.29, 1.82) is 5.41 Å². The molecule has 28 heavy (non-hydrogen) atoms. The summed E-state index contributed by atoms with van der Waals surface area (Å²) in [5, 5.41) is 19.9. The standard InChI is InChI=1S/C16H18ClF3N2O5S/c1-8(21)12(15(24)22-2)14(23)9-4-5-11(28(3,25)26)10(13(9)17)6-27-7-16(18,19)20/h4-5,21,23H,6-7H2,1-3H3,(H,22,24). The Morgan fingerprint density at radius 2 is 1.93 bits per heavy atom. The molecule has 1 aromatic rings. The predicted octanol–water partition coefficient (Wildman–Crippen LogP) is 2.88. The SMILES string of the molecule is CNC(=O)C(C(C)=N)=C(O)c1ccc(S(C)(=O)=O)c(COCC(F)(F)F)c1Cl. The van der Waals surface area contributed by atoms with Gasteiger partial charge in [0, 0.05) is 30.1 Å². The van der Waals surface area contributed by atoms with Gasteiger partial charge in [-0.3, -0.25) is 4.79 Å². The number of alkyl halides is 3. The van der Waals surface area contributed by atoms with Crippen molar-refractivity contribution in [1.82, 2.24) is 5.32 Å². The molecule has 0 radical (unpaired) electrons. The maximum atomic E-state index is 12.3. The van der Waals surface area contributed by atoms with Crippen molar-refractivity contribution in [3.8, 4) is 0 Å². The van der Waals surface area contributed by atoms with Crippen LogP contribution in [0.1, 0.15) is 18.1 Å².